The Bertz CT molecular complexity index is 581. The van der Waals surface area contributed by atoms with Crippen LogP contribution in [0.25, 0.3) is 0 Å². The molecule has 0 fully saturated rings. The number of rotatable bonds is 6. The molecule has 112 valence electrons. The summed E-state index contributed by atoms with van der Waals surface area (Å²) in [5, 5.41) is 6.45. The standard InChI is InChI=1S/C16H21FN4/c1-11(2)9-19-16-20-12(3)8-15(21-16)18-10-13-4-6-14(17)7-5-13/h4-8,11H,9-10H2,1-3H3,(H2,18,19,20,21). The Labute approximate surface area is 124 Å². The summed E-state index contributed by atoms with van der Waals surface area (Å²) in [4.78, 5) is 8.79. The molecule has 0 saturated heterocycles. The second kappa shape index (κ2) is 7.02. The van der Waals surface area contributed by atoms with Crippen LogP contribution < -0.4 is 10.6 Å². The van der Waals surface area contributed by atoms with Crippen LogP contribution in [0, 0.1) is 18.7 Å². The van der Waals surface area contributed by atoms with Crippen LogP contribution in [0.3, 0.4) is 0 Å². The van der Waals surface area contributed by atoms with E-state index >= 15 is 0 Å². The van der Waals surface area contributed by atoms with Crippen LogP contribution in [0.4, 0.5) is 16.2 Å². The zero-order chi connectivity index (χ0) is 15.2. The minimum atomic E-state index is -0.225. The lowest BCUT2D eigenvalue weighted by Gasteiger charge is -2.11. The zero-order valence-electron chi connectivity index (χ0n) is 12.7. The maximum Gasteiger partial charge on any atom is 0.224 e. The van der Waals surface area contributed by atoms with Crippen molar-refractivity contribution in [1.29, 1.82) is 0 Å². The van der Waals surface area contributed by atoms with E-state index < -0.39 is 0 Å². The summed E-state index contributed by atoms with van der Waals surface area (Å²) in [6.07, 6.45) is 0. The summed E-state index contributed by atoms with van der Waals surface area (Å²) in [5.41, 5.74) is 1.90. The Hall–Kier alpha value is -2.17. The van der Waals surface area contributed by atoms with E-state index in [-0.39, 0.29) is 5.82 Å². The minimum Gasteiger partial charge on any atom is -0.366 e. The van der Waals surface area contributed by atoms with Crippen LogP contribution in [-0.2, 0) is 6.54 Å². The van der Waals surface area contributed by atoms with Crippen molar-refractivity contribution in [3.8, 4) is 0 Å². The maximum absolute atomic E-state index is 12.9. The number of anilines is 2. The average Bonchev–Trinajstić information content (AvgIpc) is 2.44. The monoisotopic (exact) mass is 288 g/mol. The molecular formula is C16H21FN4. The first kappa shape index (κ1) is 15.2. The van der Waals surface area contributed by atoms with E-state index in [0.29, 0.717) is 18.4 Å². The molecule has 1 aromatic carbocycles. The van der Waals surface area contributed by atoms with Crippen molar-refractivity contribution in [2.24, 2.45) is 5.92 Å². The summed E-state index contributed by atoms with van der Waals surface area (Å²) in [5.74, 6) is 1.70. The highest BCUT2D eigenvalue weighted by atomic mass is 19.1. The molecule has 0 saturated carbocycles. The first-order valence-electron chi connectivity index (χ1n) is 7.11. The number of aromatic nitrogens is 2. The van der Waals surface area contributed by atoms with Gasteiger partial charge in [0.25, 0.3) is 0 Å². The molecule has 2 rings (SSSR count). The van der Waals surface area contributed by atoms with Crippen molar-refractivity contribution in [2.75, 3.05) is 17.2 Å². The Morgan fingerprint density at radius 2 is 1.81 bits per heavy atom. The van der Waals surface area contributed by atoms with Crippen molar-refractivity contribution in [1.82, 2.24) is 9.97 Å². The van der Waals surface area contributed by atoms with Crippen LogP contribution in [0.15, 0.2) is 30.3 Å². The fourth-order valence-corrected chi connectivity index (χ4v) is 1.83. The van der Waals surface area contributed by atoms with Gasteiger partial charge in [-0.3, -0.25) is 0 Å². The molecule has 0 atom stereocenters. The van der Waals surface area contributed by atoms with Crippen LogP contribution in [0.2, 0.25) is 0 Å². The molecule has 0 bridgehead atoms. The van der Waals surface area contributed by atoms with Crippen LogP contribution in [-0.4, -0.2) is 16.5 Å². The topological polar surface area (TPSA) is 49.8 Å². The third-order valence-electron chi connectivity index (χ3n) is 2.91. The summed E-state index contributed by atoms with van der Waals surface area (Å²) in [6.45, 7) is 7.64. The molecule has 4 nitrogen and oxygen atoms in total. The van der Waals surface area contributed by atoms with E-state index in [1.807, 2.05) is 13.0 Å². The van der Waals surface area contributed by atoms with Crippen molar-refractivity contribution in [3.05, 3.63) is 47.4 Å². The molecule has 5 heteroatoms. The van der Waals surface area contributed by atoms with E-state index in [4.69, 9.17) is 0 Å². The van der Waals surface area contributed by atoms with Crippen LogP contribution in [0.5, 0.6) is 0 Å². The molecule has 0 aliphatic carbocycles. The quantitative estimate of drug-likeness (QED) is 0.852. The van der Waals surface area contributed by atoms with Crippen LogP contribution >= 0.6 is 0 Å². The zero-order valence-corrected chi connectivity index (χ0v) is 12.7. The minimum absolute atomic E-state index is 0.225. The van der Waals surface area contributed by atoms with Gasteiger partial charge in [0.1, 0.15) is 11.6 Å². The molecule has 0 amide bonds. The van der Waals surface area contributed by atoms with E-state index in [0.717, 1.165) is 23.6 Å². The van der Waals surface area contributed by atoms with Gasteiger partial charge in [0.2, 0.25) is 5.95 Å². The summed E-state index contributed by atoms with van der Waals surface area (Å²) < 4.78 is 12.9. The first-order chi connectivity index (χ1) is 10.0. The van der Waals surface area contributed by atoms with Gasteiger partial charge in [-0.05, 0) is 30.5 Å². The lowest BCUT2D eigenvalue weighted by atomic mass is 10.2. The molecule has 0 spiro atoms. The Morgan fingerprint density at radius 1 is 1.10 bits per heavy atom. The van der Waals surface area contributed by atoms with E-state index in [1.54, 1.807) is 12.1 Å². The van der Waals surface area contributed by atoms with Gasteiger partial charge in [-0.15, -0.1) is 0 Å². The number of halogens is 1. The molecule has 0 radical (unpaired) electrons. The van der Waals surface area contributed by atoms with E-state index in [1.165, 1.54) is 12.1 Å². The lowest BCUT2D eigenvalue weighted by molar-refractivity contribution is 0.627. The smallest absolute Gasteiger partial charge is 0.224 e. The Morgan fingerprint density at radius 3 is 2.48 bits per heavy atom. The highest BCUT2D eigenvalue weighted by Gasteiger charge is 2.03. The summed E-state index contributed by atoms with van der Waals surface area (Å²) >= 11 is 0. The number of nitrogens with zero attached hydrogens (tertiary/aromatic N) is 2. The van der Waals surface area contributed by atoms with Gasteiger partial charge < -0.3 is 10.6 Å². The van der Waals surface area contributed by atoms with E-state index in [2.05, 4.69) is 34.4 Å². The van der Waals surface area contributed by atoms with Gasteiger partial charge in [-0.1, -0.05) is 26.0 Å². The van der Waals surface area contributed by atoms with Crippen LogP contribution in [0.1, 0.15) is 25.1 Å². The number of hydrogen-bond acceptors (Lipinski definition) is 4. The van der Waals surface area contributed by atoms with Crippen molar-refractivity contribution >= 4 is 11.8 Å². The van der Waals surface area contributed by atoms with Gasteiger partial charge in [-0.25, -0.2) is 9.37 Å². The van der Waals surface area contributed by atoms with Crippen molar-refractivity contribution in [3.63, 3.8) is 0 Å². The van der Waals surface area contributed by atoms with Gasteiger partial charge in [0.05, 0.1) is 0 Å². The predicted octanol–water partition coefficient (Wildman–Crippen LogP) is 3.60. The fourth-order valence-electron chi connectivity index (χ4n) is 1.83. The second-order valence-corrected chi connectivity index (χ2v) is 5.47. The molecule has 2 aromatic rings. The number of aryl methyl sites for hydroxylation is 1. The summed E-state index contributed by atoms with van der Waals surface area (Å²) in [6, 6.07) is 8.32. The highest BCUT2D eigenvalue weighted by molar-refractivity contribution is 5.42. The molecular weight excluding hydrogens is 267 g/mol. The number of benzene rings is 1. The molecule has 0 unspecified atom stereocenters. The normalized spacial score (nSPS) is 10.7. The van der Waals surface area contributed by atoms with Gasteiger partial charge in [-0.2, -0.15) is 4.98 Å². The maximum atomic E-state index is 12.9. The SMILES string of the molecule is Cc1cc(NCc2ccc(F)cc2)nc(NCC(C)C)n1. The second-order valence-electron chi connectivity index (χ2n) is 5.47. The molecule has 21 heavy (non-hydrogen) atoms. The largest absolute Gasteiger partial charge is 0.366 e. The fraction of sp³-hybridized carbons (Fsp3) is 0.375. The number of nitrogens with one attached hydrogen (secondary N) is 2. The van der Waals surface area contributed by atoms with E-state index in [9.17, 15) is 4.39 Å². The van der Waals surface area contributed by atoms with Crippen molar-refractivity contribution < 1.29 is 4.39 Å². The van der Waals surface area contributed by atoms with Gasteiger partial charge in [0.15, 0.2) is 0 Å². The van der Waals surface area contributed by atoms with Gasteiger partial charge in [0, 0.05) is 24.8 Å². The highest BCUT2D eigenvalue weighted by Crippen LogP contribution is 2.12. The van der Waals surface area contributed by atoms with Crippen molar-refractivity contribution in [2.45, 2.75) is 27.3 Å². The third kappa shape index (κ3) is 5.02. The molecule has 1 heterocycles. The van der Waals surface area contributed by atoms with Gasteiger partial charge >= 0.3 is 0 Å². The Kier molecular flexibility index (Phi) is 5.09. The molecule has 0 aliphatic rings. The first-order valence-corrected chi connectivity index (χ1v) is 7.11. The molecule has 0 aliphatic heterocycles. The predicted molar refractivity (Wildman–Crippen MR) is 83.8 cm³/mol. The molecule has 1 aromatic heterocycles. The third-order valence-corrected chi connectivity index (χ3v) is 2.91. The summed E-state index contributed by atoms with van der Waals surface area (Å²) in [7, 11) is 0. The Balaban J connectivity index is 2.00. The molecule has 2 N–H and O–H groups in total. The lowest BCUT2D eigenvalue weighted by Crippen LogP contribution is -2.12. The average molecular weight is 288 g/mol. The number of hydrogen-bond donors (Lipinski definition) is 2.